The van der Waals surface area contributed by atoms with Gasteiger partial charge in [0, 0.05) is 13.0 Å². The van der Waals surface area contributed by atoms with Gasteiger partial charge in [0.25, 0.3) is 0 Å². The molecule has 0 aliphatic carbocycles. The van der Waals surface area contributed by atoms with Crippen molar-refractivity contribution in [1.82, 2.24) is 10.4 Å². The Labute approximate surface area is 136 Å². The third-order valence-corrected chi connectivity index (χ3v) is 3.67. The van der Waals surface area contributed by atoms with Gasteiger partial charge in [0.1, 0.15) is 0 Å². The molecule has 0 aliphatic heterocycles. The molecule has 5 nitrogen and oxygen atoms in total. The van der Waals surface area contributed by atoms with Gasteiger partial charge < -0.3 is 10.2 Å². The van der Waals surface area contributed by atoms with Crippen molar-refractivity contribution < 1.29 is 15.0 Å². The molecule has 22 heavy (non-hydrogen) atoms. The van der Waals surface area contributed by atoms with Crippen LogP contribution in [0.5, 0.6) is 0 Å². The third-order valence-electron chi connectivity index (χ3n) is 3.67. The highest BCUT2D eigenvalue weighted by molar-refractivity contribution is 5.75. The number of nitrogens with one attached hydrogen (secondary N) is 1. The van der Waals surface area contributed by atoms with Gasteiger partial charge >= 0.3 is 0 Å². The van der Waals surface area contributed by atoms with Crippen LogP contribution in [0.3, 0.4) is 0 Å². The molecule has 5 heteroatoms. The van der Waals surface area contributed by atoms with Crippen LogP contribution in [0.15, 0.2) is 0 Å². The number of hydrazine groups is 1. The van der Waals surface area contributed by atoms with Gasteiger partial charge in [-0.3, -0.25) is 10.2 Å². The molecule has 1 amide bonds. The number of amides is 1. The zero-order valence-corrected chi connectivity index (χ0v) is 14.5. The van der Waals surface area contributed by atoms with Crippen molar-refractivity contribution in [2.45, 2.75) is 90.8 Å². The van der Waals surface area contributed by atoms with Crippen molar-refractivity contribution >= 4 is 5.91 Å². The molecule has 0 atom stereocenters. The summed E-state index contributed by atoms with van der Waals surface area (Å²) in [5.74, 6) is -0.0305. The Bertz CT molecular complexity index is 260. The summed E-state index contributed by atoms with van der Waals surface area (Å²) >= 11 is 0. The van der Waals surface area contributed by atoms with Crippen LogP contribution in [0.2, 0.25) is 0 Å². The summed E-state index contributed by atoms with van der Waals surface area (Å²) in [6, 6.07) is 0. The Morgan fingerprint density at radius 2 is 1.45 bits per heavy atom. The van der Waals surface area contributed by atoms with Crippen molar-refractivity contribution in [3.05, 3.63) is 0 Å². The molecule has 0 aromatic heterocycles. The topological polar surface area (TPSA) is 72.8 Å². The molecule has 0 unspecified atom stereocenters. The minimum Gasteiger partial charge on any atom is -0.367 e. The van der Waals surface area contributed by atoms with Crippen LogP contribution in [0.4, 0.5) is 0 Å². The van der Waals surface area contributed by atoms with Crippen LogP contribution < -0.4 is 5.43 Å². The van der Waals surface area contributed by atoms with Gasteiger partial charge in [-0.05, 0) is 12.8 Å². The fourth-order valence-electron chi connectivity index (χ4n) is 2.49. The lowest BCUT2D eigenvalue weighted by atomic mass is 10.1. The molecule has 0 heterocycles. The molecule has 0 bridgehead atoms. The highest BCUT2D eigenvalue weighted by atomic mass is 16.5. The lowest BCUT2D eigenvalue weighted by molar-refractivity contribution is -0.129. The summed E-state index contributed by atoms with van der Waals surface area (Å²) in [6.07, 6.45) is 11.0. The Morgan fingerprint density at radius 3 is 1.95 bits per heavy atom. The highest BCUT2D eigenvalue weighted by Gasteiger charge is 2.11. The number of hydrogen-bond donors (Lipinski definition) is 3. The molecular weight excluding hydrogens is 280 g/mol. The maximum Gasteiger partial charge on any atom is 0.234 e. The third kappa shape index (κ3) is 14.3. The van der Waals surface area contributed by atoms with Gasteiger partial charge in [-0.25, -0.2) is 5.01 Å². The van der Waals surface area contributed by atoms with E-state index in [-0.39, 0.29) is 12.5 Å². The fraction of sp³-hybridized carbons (Fsp3) is 0.941. The van der Waals surface area contributed by atoms with Gasteiger partial charge in [0.05, 0.1) is 6.54 Å². The molecule has 0 radical (unpaired) electrons. The molecule has 132 valence electrons. The van der Waals surface area contributed by atoms with Crippen molar-refractivity contribution in [2.24, 2.45) is 0 Å². The van der Waals surface area contributed by atoms with Crippen LogP contribution in [0.25, 0.3) is 0 Å². The monoisotopic (exact) mass is 316 g/mol. The van der Waals surface area contributed by atoms with E-state index in [0.717, 1.165) is 19.3 Å². The summed E-state index contributed by atoms with van der Waals surface area (Å²) in [4.78, 5) is 11.8. The molecule has 0 fully saturated rings. The predicted octanol–water partition coefficient (Wildman–Crippen LogP) is 2.96. The van der Waals surface area contributed by atoms with E-state index < -0.39 is 6.29 Å². The van der Waals surface area contributed by atoms with E-state index in [9.17, 15) is 4.79 Å². The Morgan fingerprint density at radius 1 is 0.909 bits per heavy atom. The fourth-order valence-corrected chi connectivity index (χ4v) is 2.49. The van der Waals surface area contributed by atoms with E-state index in [1.807, 2.05) is 6.92 Å². The van der Waals surface area contributed by atoms with Crippen LogP contribution in [0, 0.1) is 0 Å². The van der Waals surface area contributed by atoms with Crippen LogP contribution in [-0.2, 0) is 4.79 Å². The maximum atomic E-state index is 11.8. The minimum absolute atomic E-state index is 0.0305. The number of unbranched alkanes of at least 4 members (excludes halogenated alkanes) is 8. The average molecular weight is 316 g/mol. The Kier molecular flexibility index (Phi) is 14.8. The van der Waals surface area contributed by atoms with Crippen molar-refractivity contribution in [2.75, 3.05) is 13.1 Å². The molecule has 0 rings (SSSR count). The van der Waals surface area contributed by atoms with E-state index in [4.69, 9.17) is 10.2 Å². The first kappa shape index (κ1) is 21.4. The largest absolute Gasteiger partial charge is 0.367 e. The molecule has 3 N–H and O–H groups in total. The predicted molar refractivity (Wildman–Crippen MR) is 90.1 cm³/mol. The second kappa shape index (κ2) is 15.3. The second-order valence-corrected chi connectivity index (χ2v) is 6.04. The Hall–Kier alpha value is -0.650. The van der Waals surface area contributed by atoms with Gasteiger partial charge in [0.15, 0.2) is 6.29 Å². The number of carbonyl (C=O) groups excluding carboxylic acids is 1. The van der Waals surface area contributed by atoms with Crippen LogP contribution in [0.1, 0.15) is 84.5 Å². The smallest absolute Gasteiger partial charge is 0.234 e. The average Bonchev–Trinajstić information content (AvgIpc) is 2.45. The molecule has 0 aromatic carbocycles. The van der Waals surface area contributed by atoms with Crippen LogP contribution >= 0.6 is 0 Å². The van der Waals surface area contributed by atoms with Gasteiger partial charge in [-0.1, -0.05) is 65.2 Å². The van der Waals surface area contributed by atoms with E-state index in [1.165, 1.54) is 44.9 Å². The van der Waals surface area contributed by atoms with Crippen molar-refractivity contribution in [1.29, 1.82) is 0 Å². The number of aliphatic hydroxyl groups is 2. The van der Waals surface area contributed by atoms with E-state index in [2.05, 4.69) is 12.3 Å². The number of aliphatic hydroxyl groups excluding tert-OH is 1. The summed E-state index contributed by atoms with van der Waals surface area (Å²) in [5, 5.41) is 19.5. The Balaban J connectivity index is 3.54. The van der Waals surface area contributed by atoms with Gasteiger partial charge in [-0.2, -0.15) is 0 Å². The first-order valence-electron chi connectivity index (χ1n) is 9.00. The van der Waals surface area contributed by atoms with Gasteiger partial charge in [0.2, 0.25) is 5.91 Å². The number of rotatable bonds is 15. The van der Waals surface area contributed by atoms with E-state index in [1.54, 1.807) is 5.01 Å². The SMILES string of the molecule is CCCCCCCCCCCC(=O)NN(CCC)CC(O)O. The first-order valence-corrected chi connectivity index (χ1v) is 9.00. The van der Waals surface area contributed by atoms with Crippen molar-refractivity contribution in [3.8, 4) is 0 Å². The first-order chi connectivity index (χ1) is 10.6. The lowest BCUT2D eigenvalue weighted by Crippen LogP contribution is -2.46. The lowest BCUT2D eigenvalue weighted by Gasteiger charge is -2.23. The van der Waals surface area contributed by atoms with Crippen molar-refractivity contribution in [3.63, 3.8) is 0 Å². The number of hydrogen-bond acceptors (Lipinski definition) is 4. The summed E-state index contributed by atoms with van der Waals surface area (Å²) < 4.78 is 0. The molecule has 0 aliphatic rings. The zero-order chi connectivity index (χ0) is 16.6. The molecule has 0 aromatic rings. The molecule has 0 saturated heterocycles. The number of carbonyl (C=O) groups is 1. The summed E-state index contributed by atoms with van der Waals surface area (Å²) in [7, 11) is 0. The molecular formula is C17H36N2O3. The molecule has 0 saturated carbocycles. The van der Waals surface area contributed by atoms with Crippen LogP contribution in [-0.4, -0.2) is 40.5 Å². The van der Waals surface area contributed by atoms with Gasteiger partial charge in [-0.15, -0.1) is 0 Å². The summed E-state index contributed by atoms with van der Waals surface area (Å²) in [5.41, 5.74) is 2.75. The number of nitrogens with zero attached hydrogens (tertiary/aromatic N) is 1. The molecule has 0 spiro atoms. The summed E-state index contributed by atoms with van der Waals surface area (Å²) in [6.45, 7) is 4.90. The van der Waals surface area contributed by atoms with E-state index >= 15 is 0 Å². The minimum atomic E-state index is -1.42. The second-order valence-electron chi connectivity index (χ2n) is 6.04. The zero-order valence-electron chi connectivity index (χ0n) is 14.5. The maximum absolute atomic E-state index is 11.8. The standard InChI is InChI=1S/C17H36N2O3/c1-3-5-6-7-8-9-10-11-12-13-16(20)18-19(14-4-2)15-17(21)22/h17,21-22H,3-15H2,1-2H3,(H,18,20). The quantitative estimate of drug-likeness (QED) is 0.247. The van der Waals surface area contributed by atoms with E-state index in [0.29, 0.717) is 13.0 Å². The normalized spacial score (nSPS) is 11.4. The highest BCUT2D eigenvalue weighted by Crippen LogP contribution is 2.10.